The third-order valence-corrected chi connectivity index (χ3v) is 4.66. The van der Waals surface area contributed by atoms with Crippen LogP contribution in [0.1, 0.15) is 12.5 Å². The van der Waals surface area contributed by atoms with Crippen LogP contribution < -0.4 is 21.2 Å². The highest BCUT2D eigenvalue weighted by molar-refractivity contribution is 5.80. The van der Waals surface area contributed by atoms with Crippen LogP contribution in [0.25, 0.3) is 11.0 Å². The molecule has 0 unspecified atom stereocenters. The number of hydrogen-bond donors (Lipinski definition) is 1. The molecular weight excluding hydrogens is 358 g/mol. The molecule has 0 radical (unpaired) electrons. The average molecular weight is 381 g/mol. The first kappa shape index (κ1) is 19.4. The summed E-state index contributed by atoms with van der Waals surface area (Å²) in [5, 5.41) is 2.81. The average Bonchev–Trinajstić information content (AvgIpc) is 2.72. The highest BCUT2D eigenvalue weighted by Crippen LogP contribution is 2.17. The Kier molecular flexibility index (Phi) is 5.93. The summed E-state index contributed by atoms with van der Waals surface area (Å²) >= 11 is 0. The maximum atomic E-state index is 12.5. The van der Waals surface area contributed by atoms with Crippen LogP contribution >= 0.6 is 0 Å². The van der Waals surface area contributed by atoms with E-state index in [2.05, 4.69) is 5.32 Å². The van der Waals surface area contributed by atoms with E-state index < -0.39 is 11.1 Å². The maximum absolute atomic E-state index is 12.5. The van der Waals surface area contributed by atoms with Gasteiger partial charge in [0, 0.05) is 13.1 Å². The van der Waals surface area contributed by atoms with Crippen molar-refractivity contribution in [3.05, 3.63) is 74.8 Å². The van der Waals surface area contributed by atoms with E-state index in [1.807, 2.05) is 31.2 Å². The number of aromatic nitrogens is 2. The zero-order valence-electron chi connectivity index (χ0n) is 16.0. The fraction of sp³-hybridized carbons (Fsp3) is 0.286. The number of nitrogens with one attached hydrogen (secondary N) is 1. The van der Waals surface area contributed by atoms with Gasteiger partial charge in [-0.15, -0.1) is 0 Å². The zero-order chi connectivity index (χ0) is 20.1. The Bertz CT molecular complexity index is 1110. The van der Waals surface area contributed by atoms with Crippen molar-refractivity contribution < 1.29 is 9.53 Å². The molecule has 3 aromatic rings. The number of benzene rings is 2. The molecule has 28 heavy (non-hydrogen) atoms. The molecule has 0 bridgehead atoms. The standard InChI is InChI=1S/C21H23N3O4/c1-3-23-16-9-5-6-10-17(16)24(21(27)20(23)26)14-19(25)22-13-12-15-8-4-7-11-18(15)28-2/h4-11H,3,12-14H2,1-2H3,(H,22,25). The van der Waals surface area contributed by atoms with Crippen molar-refractivity contribution in [2.24, 2.45) is 0 Å². The van der Waals surface area contributed by atoms with E-state index in [1.165, 1.54) is 9.13 Å². The van der Waals surface area contributed by atoms with E-state index in [4.69, 9.17) is 4.74 Å². The summed E-state index contributed by atoms with van der Waals surface area (Å²) in [4.78, 5) is 37.3. The number of rotatable bonds is 7. The summed E-state index contributed by atoms with van der Waals surface area (Å²) in [5.41, 5.74) is 0.868. The number of hydrogen-bond acceptors (Lipinski definition) is 4. The third-order valence-electron chi connectivity index (χ3n) is 4.66. The molecule has 146 valence electrons. The highest BCUT2D eigenvalue weighted by atomic mass is 16.5. The van der Waals surface area contributed by atoms with Gasteiger partial charge in [-0.3, -0.25) is 19.0 Å². The monoisotopic (exact) mass is 381 g/mol. The molecular formula is C21H23N3O4. The first-order valence-electron chi connectivity index (χ1n) is 9.17. The Balaban J connectivity index is 1.78. The lowest BCUT2D eigenvalue weighted by atomic mass is 10.1. The van der Waals surface area contributed by atoms with E-state index in [0.29, 0.717) is 30.5 Å². The summed E-state index contributed by atoms with van der Waals surface area (Å²) < 4.78 is 7.96. The minimum atomic E-state index is -0.694. The van der Waals surface area contributed by atoms with Crippen LogP contribution in [0, 0.1) is 0 Å². The predicted octanol–water partition coefficient (Wildman–Crippen LogP) is 1.55. The first-order valence-corrected chi connectivity index (χ1v) is 9.17. The number of carbonyl (C=O) groups is 1. The number of aryl methyl sites for hydroxylation is 1. The van der Waals surface area contributed by atoms with Crippen molar-refractivity contribution in [2.75, 3.05) is 13.7 Å². The normalized spacial score (nSPS) is 10.8. The summed E-state index contributed by atoms with van der Waals surface area (Å²) in [7, 11) is 1.60. The number of fused-ring (bicyclic) bond motifs is 1. The van der Waals surface area contributed by atoms with Gasteiger partial charge in [-0.05, 0) is 37.1 Å². The first-order chi connectivity index (χ1) is 13.6. The van der Waals surface area contributed by atoms with Gasteiger partial charge in [0.25, 0.3) is 0 Å². The molecule has 1 amide bonds. The molecule has 1 aromatic heterocycles. The Morgan fingerprint density at radius 2 is 1.57 bits per heavy atom. The largest absolute Gasteiger partial charge is 0.496 e. The summed E-state index contributed by atoms with van der Waals surface area (Å²) in [6.07, 6.45) is 0.600. The van der Waals surface area contributed by atoms with Gasteiger partial charge in [-0.1, -0.05) is 30.3 Å². The van der Waals surface area contributed by atoms with Crippen molar-refractivity contribution in [2.45, 2.75) is 26.4 Å². The molecule has 2 aromatic carbocycles. The molecule has 0 aliphatic heterocycles. The molecule has 1 N–H and O–H groups in total. The van der Waals surface area contributed by atoms with Crippen molar-refractivity contribution in [1.82, 2.24) is 14.5 Å². The lowest BCUT2D eigenvalue weighted by Crippen LogP contribution is -2.43. The quantitative estimate of drug-likeness (QED) is 0.630. The van der Waals surface area contributed by atoms with Crippen LogP contribution in [0.5, 0.6) is 5.75 Å². The van der Waals surface area contributed by atoms with Gasteiger partial charge in [0.2, 0.25) is 5.91 Å². The van der Waals surface area contributed by atoms with Crippen LogP contribution in [0.3, 0.4) is 0 Å². The Morgan fingerprint density at radius 1 is 0.964 bits per heavy atom. The molecule has 0 saturated carbocycles. The molecule has 0 saturated heterocycles. The molecule has 0 spiro atoms. The predicted molar refractivity (Wildman–Crippen MR) is 108 cm³/mol. The van der Waals surface area contributed by atoms with E-state index in [1.54, 1.807) is 31.4 Å². The fourth-order valence-electron chi connectivity index (χ4n) is 3.29. The van der Waals surface area contributed by atoms with E-state index in [-0.39, 0.29) is 12.5 Å². The van der Waals surface area contributed by atoms with Crippen LogP contribution in [-0.4, -0.2) is 28.7 Å². The van der Waals surface area contributed by atoms with Crippen LogP contribution in [0.4, 0.5) is 0 Å². The second kappa shape index (κ2) is 8.56. The Morgan fingerprint density at radius 3 is 2.25 bits per heavy atom. The Labute approximate surface area is 162 Å². The molecule has 0 aliphatic rings. The van der Waals surface area contributed by atoms with Crippen LogP contribution in [0.15, 0.2) is 58.1 Å². The minimum absolute atomic E-state index is 0.203. The lowest BCUT2D eigenvalue weighted by Gasteiger charge is -2.14. The number of carbonyl (C=O) groups excluding carboxylic acids is 1. The zero-order valence-corrected chi connectivity index (χ0v) is 16.0. The van der Waals surface area contributed by atoms with E-state index in [0.717, 1.165) is 11.3 Å². The molecule has 0 fully saturated rings. The molecule has 7 nitrogen and oxygen atoms in total. The molecule has 0 atom stereocenters. The second-order valence-corrected chi connectivity index (χ2v) is 6.34. The summed E-state index contributed by atoms with van der Waals surface area (Å²) in [6.45, 7) is 2.39. The summed E-state index contributed by atoms with van der Waals surface area (Å²) in [5.74, 6) is 0.443. The number of methoxy groups -OCH3 is 1. The smallest absolute Gasteiger partial charge is 0.317 e. The second-order valence-electron chi connectivity index (χ2n) is 6.34. The summed E-state index contributed by atoms with van der Waals surface area (Å²) in [6, 6.07) is 14.7. The maximum Gasteiger partial charge on any atom is 0.317 e. The molecule has 0 aliphatic carbocycles. The van der Waals surface area contributed by atoms with Gasteiger partial charge in [0.15, 0.2) is 0 Å². The van der Waals surface area contributed by atoms with E-state index >= 15 is 0 Å². The number of amides is 1. The molecule has 1 heterocycles. The topological polar surface area (TPSA) is 82.3 Å². The van der Waals surface area contributed by atoms with Gasteiger partial charge < -0.3 is 14.6 Å². The highest BCUT2D eigenvalue weighted by Gasteiger charge is 2.14. The van der Waals surface area contributed by atoms with Gasteiger partial charge in [0.05, 0.1) is 18.1 Å². The van der Waals surface area contributed by atoms with Crippen LogP contribution in [-0.2, 0) is 24.3 Å². The number of ether oxygens (including phenoxy) is 1. The minimum Gasteiger partial charge on any atom is -0.496 e. The molecule has 3 rings (SSSR count). The van der Waals surface area contributed by atoms with Gasteiger partial charge in [-0.2, -0.15) is 0 Å². The number of nitrogens with zero attached hydrogens (tertiary/aromatic N) is 2. The van der Waals surface area contributed by atoms with Crippen molar-refractivity contribution in [3.63, 3.8) is 0 Å². The number of para-hydroxylation sites is 3. The fourth-order valence-corrected chi connectivity index (χ4v) is 3.29. The van der Waals surface area contributed by atoms with Gasteiger partial charge >= 0.3 is 11.1 Å². The van der Waals surface area contributed by atoms with Gasteiger partial charge in [-0.25, -0.2) is 0 Å². The third kappa shape index (κ3) is 3.83. The van der Waals surface area contributed by atoms with Crippen LogP contribution in [0.2, 0.25) is 0 Å². The SMILES string of the molecule is CCn1c(=O)c(=O)n(CC(=O)NCCc2ccccc2OC)c2ccccc21. The van der Waals surface area contributed by atoms with Crippen molar-refractivity contribution in [3.8, 4) is 5.75 Å². The lowest BCUT2D eigenvalue weighted by molar-refractivity contribution is -0.121. The van der Waals surface area contributed by atoms with Gasteiger partial charge in [0.1, 0.15) is 12.3 Å². The Hall–Kier alpha value is -3.35. The van der Waals surface area contributed by atoms with Crippen molar-refractivity contribution in [1.29, 1.82) is 0 Å². The van der Waals surface area contributed by atoms with E-state index in [9.17, 15) is 14.4 Å². The molecule has 7 heteroatoms. The van der Waals surface area contributed by atoms with Crippen molar-refractivity contribution >= 4 is 16.9 Å².